The normalized spacial score (nSPS) is 10.8. The molecule has 11 heteroatoms. The Labute approximate surface area is 226 Å². The number of aryl methyl sites for hydroxylation is 2. The molecule has 0 radical (unpaired) electrons. The van der Waals surface area contributed by atoms with E-state index in [2.05, 4.69) is 31.5 Å². The van der Waals surface area contributed by atoms with E-state index >= 15 is 0 Å². The number of ether oxygens (including phenoxy) is 3. The first kappa shape index (κ1) is 27.3. The summed E-state index contributed by atoms with van der Waals surface area (Å²) in [5.74, 6) is 6.30. The third-order valence-corrected chi connectivity index (χ3v) is 7.09. The average Bonchev–Trinajstić information content (AvgIpc) is 2.91. The second-order valence-corrected chi connectivity index (χ2v) is 9.97. The number of methoxy groups -OCH3 is 3. The predicted molar refractivity (Wildman–Crippen MR) is 144 cm³/mol. The number of rotatable bonds is 7. The van der Waals surface area contributed by atoms with E-state index < -0.39 is 20.7 Å². The summed E-state index contributed by atoms with van der Waals surface area (Å²) in [5.41, 5.74) is 3.49. The number of nitrogens with zero attached hydrogens (tertiary/aromatic N) is 3. The van der Waals surface area contributed by atoms with Crippen LogP contribution in [0.3, 0.4) is 0 Å². The van der Waals surface area contributed by atoms with E-state index in [4.69, 9.17) is 14.2 Å². The molecule has 39 heavy (non-hydrogen) atoms. The molecule has 0 spiro atoms. The summed E-state index contributed by atoms with van der Waals surface area (Å²) >= 11 is 0. The third-order valence-electron chi connectivity index (χ3n) is 5.69. The van der Waals surface area contributed by atoms with Crippen LogP contribution in [-0.4, -0.2) is 44.7 Å². The van der Waals surface area contributed by atoms with Gasteiger partial charge in [-0.3, -0.25) is 4.72 Å². The van der Waals surface area contributed by atoms with Crippen LogP contribution in [0.15, 0.2) is 59.9 Å². The molecule has 0 saturated carbocycles. The summed E-state index contributed by atoms with van der Waals surface area (Å²) in [6.07, 6.45) is 2.88. The molecule has 0 bridgehead atoms. The lowest BCUT2D eigenvalue weighted by Gasteiger charge is -2.12. The summed E-state index contributed by atoms with van der Waals surface area (Å²) in [6, 6.07) is 10.7. The van der Waals surface area contributed by atoms with Gasteiger partial charge in [0, 0.05) is 17.3 Å². The monoisotopic (exact) mass is 548 g/mol. The number of nitrogens with one attached hydrogen (secondary N) is 1. The van der Waals surface area contributed by atoms with Crippen LogP contribution in [0, 0.1) is 31.5 Å². The molecule has 9 nitrogen and oxygen atoms in total. The maximum absolute atomic E-state index is 14.4. The average molecular weight is 549 g/mol. The highest BCUT2D eigenvalue weighted by molar-refractivity contribution is 7.92. The number of pyridine rings is 1. The lowest BCUT2D eigenvalue weighted by molar-refractivity contribution is 0.355. The van der Waals surface area contributed by atoms with Crippen LogP contribution < -0.4 is 18.9 Å². The molecular formula is C28H25FN4O5S. The van der Waals surface area contributed by atoms with Gasteiger partial charge in [0.1, 0.15) is 22.7 Å². The van der Waals surface area contributed by atoms with Crippen LogP contribution in [-0.2, 0) is 10.0 Å². The van der Waals surface area contributed by atoms with Crippen molar-refractivity contribution in [1.82, 2.24) is 15.0 Å². The molecule has 2 aromatic heterocycles. The number of aromatic nitrogens is 3. The van der Waals surface area contributed by atoms with Gasteiger partial charge in [0.25, 0.3) is 10.0 Å². The molecule has 2 heterocycles. The fourth-order valence-corrected chi connectivity index (χ4v) is 4.85. The molecule has 4 rings (SSSR count). The molecule has 2 aromatic carbocycles. The van der Waals surface area contributed by atoms with Crippen LogP contribution in [0.4, 0.5) is 10.1 Å². The van der Waals surface area contributed by atoms with Gasteiger partial charge in [0.2, 0.25) is 5.88 Å². The highest BCUT2D eigenvalue weighted by atomic mass is 32.2. The van der Waals surface area contributed by atoms with E-state index in [0.717, 1.165) is 11.6 Å². The largest absolute Gasteiger partial charge is 0.493 e. The molecule has 0 amide bonds. The van der Waals surface area contributed by atoms with Crippen molar-refractivity contribution in [1.29, 1.82) is 0 Å². The SMILES string of the molecule is COc1ccc(-c2ncnc(C)c2C#Cc2cnc(OC)c(NS(=O)(=O)c3ccc(C)cc3F)c2)cc1OC. The van der Waals surface area contributed by atoms with Crippen molar-refractivity contribution in [3.05, 3.63) is 83.2 Å². The Hall–Kier alpha value is -4.69. The third kappa shape index (κ3) is 5.91. The Bertz CT molecular complexity index is 1720. The van der Waals surface area contributed by atoms with Gasteiger partial charge in [0.05, 0.1) is 38.3 Å². The Morgan fingerprint density at radius 1 is 0.872 bits per heavy atom. The summed E-state index contributed by atoms with van der Waals surface area (Å²) in [4.78, 5) is 12.3. The molecule has 1 N–H and O–H groups in total. The van der Waals surface area contributed by atoms with Crippen molar-refractivity contribution in [3.63, 3.8) is 0 Å². The maximum Gasteiger partial charge on any atom is 0.264 e. The predicted octanol–water partition coefficient (Wildman–Crippen LogP) is 4.52. The molecule has 200 valence electrons. The van der Waals surface area contributed by atoms with Crippen LogP contribution >= 0.6 is 0 Å². The van der Waals surface area contributed by atoms with Crippen LogP contribution in [0.2, 0.25) is 0 Å². The summed E-state index contributed by atoms with van der Waals surface area (Å²) < 4.78 is 58.6. The highest BCUT2D eigenvalue weighted by Crippen LogP contribution is 2.33. The molecule has 0 aliphatic heterocycles. The molecule has 4 aromatic rings. The number of halogens is 1. The Kier molecular flexibility index (Phi) is 7.97. The number of hydrogen-bond donors (Lipinski definition) is 1. The zero-order valence-electron chi connectivity index (χ0n) is 21.9. The first-order valence-corrected chi connectivity index (χ1v) is 13.0. The van der Waals surface area contributed by atoms with Gasteiger partial charge in [-0.2, -0.15) is 0 Å². The van der Waals surface area contributed by atoms with E-state index in [1.54, 1.807) is 40.2 Å². The van der Waals surface area contributed by atoms with Gasteiger partial charge in [-0.15, -0.1) is 0 Å². The van der Waals surface area contributed by atoms with Gasteiger partial charge >= 0.3 is 0 Å². The van der Waals surface area contributed by atoms with E-state index in [-0.39, 0.29) is 11.6 Å². The van der Waals surface area contributed by atoms with Crippen molar-refractivity contribution in [2.45, 2.75) is 18.7 Å². The van der Waals surface area contributed by atoms with Crippen molar-refractivity contribution in [3.8, 4) is 40.5 Å². The van der Waals surface area contributed by atoms with Crippen molar-refractivity contribution in [2.75, 3.05) is 26.1 Å². The molecule has 0 atom stereocenters. The number of sulfonamides is 1. The summed E-state index contributed by atoms with van der Waals surface area (Å²) in [7, 11) is 0.169. The topological polar surface area (TPSA) is 113 Å². The Morgan fingerprint density at radius 3 is 2.33 bits per heavy atom. The first-order valence-electron chi connectivity index (χ1n) is 11.6. The Balaban J connectivity index is 1.73. The van der Waals surface area contributed by atoms with Gasteiger partial charge in [-0.1, -0.05) is 17.9 Å². The molecule has 0 fully saturated rings. The van der Waals surface area contributed by atoms with E-state index in [0.29, 0.717) is 39.6 Å². The van der Waals surface area contributed by atoms with Crippen molar-refractivity contribution >= 4 is 15.7 Å². The molecule has 0 saturated heterocycles. The number of benzene rings is 2. The minimum absolute atomic E-state index is 0.00175. The molecule has 0 aliphatic rings. The first-order chi connectivity index (χ1) is 18.7. The zero-order valence-corrected chi connectivity index (χ0v) is 22.7. The minimum atomic E-state index is -4.27. The van der Waals surface area contributed by atoms with Crippen LogP contribution in [0.25, 0.3) is 11.3 Å². The summed E-state index contributed by atoms with van der Waals surface area (Å²) in [5, 5.41) is 0. The second-order valence-electron chi connectivity index (χ2n) is 8.32. The van der Waals surface area contributed by atoms with Gasteiger partial charge in [0.15, 0.2) is 11.5 Å². The smallest absolute Gasteiger partial charge is 0.264 e. The fourth-order valence-electron chi connectivity index (χ4n) is 3.74. The maximum atomic E-state index is 14.4. The standard InChI is InChI=1S/C28H25FN4O5S/c1-17-6-11-26(22(29)12-17)39(34,35)33-23-13-19(15-30-28(23)38-5)7-9-21-18(2)31-16-32-27(21)20-8-10-24(36-3)25(14-20)37-4/h6,8,10-16,33H,1-5H3. The zero-order chi connectivity index (χ0) is 28.2. The highest BCUT2D eigenvalue weighted by Gasteiger charge is 2.21. The van der Waals surface area contributed by atoms with E-state index in [9.17, 15) is 12.8 Å². The van der Waals surface area contributed by atoms with Crippen LogP contribution in [0.1, 0.15) is 22.4 Å². The van der Waals surface area contributed by atoms with Gasteiger partial charge < -0.3 is 14.2 Å². The summed E-state index contributed by atoms with van der Waals surface area (Å²) in [6.45, 7) is 3.47. The van der Waals surface area contributed by atoms with E-state index in [1.807, 2.05) is 6.07 Å². The number of anilines is 1. The Morgan fingerprint density at radius 2 is 1.64 bits per heavy atom. The molecular weight excluding hydrogens is 523 g/mol. The quantitative estimate of drug-likeness (QED) is 0.336. The second kappa shape index (κ2) is 11.4. The fraction of sp³-hybridized carbons (Fsp3) is 0.179. The molecule has 0 aliphatic carbocycles. The molecule has 0 unspecified atom stereocenters. The van der Waals surface area contributed by atoms with Crippen molar-refractivity contribution < 1.29 is 27.0 Å². The van der Waals surface area contributed by atoms with Crippen molar-refractivity contribution in [2.24, 2.45) is 0 Å². The lowest BCUT2D eigenvalue weighted by Crippen LogP contribution is -2.15. The van der Waals surface area contributed by atoms with Gasteiger partial charge in [-0.05, 0) is 55.8 Å². The van der Waals surface area contributed by atoms with Crippen LogP contribution in [0.5, 0.6) is 17.4 Å². The number of hydrogen-bond acceptors (Lipinski definition) is 8. The minimum Gasteiger partial charge on any atom is -0.493 e. The lowest BCUT2D eigenvalue weighted by atomic mass is 10.0. The van der Waals surface area contributed by atoms with E-state index in [1.165, 1.54) is 37.8 Å². The van der Waals surface area contributed by atoms with Gasteiger partial charge in [-0.25, -0.2) is 27.8 Å².